The van der Waals surface area contributed by atoms with Crippen LogP contribution in [0, 0.1) is 5.82 Å². The lowest BCUT2D eigenvalue weighted by molar-refractivity contribution is -0.124. The van der Waals surface area contributed by atoms with Crippen molar-refractivity contribution in [2.75, 3.05) is 50.0 Å². The van der Waals surface area contributed by atoms with Crippen LogP contribution in [0.5, 0.6) is 0 Å². The zero-order chi connectivity index (χ0) is 20.8. The molecule has 7 heteroatoms. The van der Waals surface area contributed by atoms with Crippen molar-refractivity contribution < 1.29 is 14.0 Å². The summed E-state index contributed by atoms with van der Waals surface area (Å²) >= 11 is 0. The van der Waals surface area contributed by atoms with E-state index in [1.165, 1.54) is 12.1 Å². The molecular formula is C22H27FN4O2. The molecule has 29 heavy (non-hydrogen) atoms. The maximum absolute atomic E-state index is 12.9. The van der Waals surface area contributed by atoms with Crippen molar-refractivity contribution in [2.45, 2.75) is 13.0 Å². The summed E-state index contributed by atoms with van der Waals surface area (Å²) in [6.07, 6.45) is 0. The molecular weight excluding hydrogens is 371 g/mol. The van der Waals surface area contributed by atoms with Crippen LogP contribution in [0.4, 0.5) is 15.8 Å². The third kappa shape index (κ3) is 5.62. The number of hydrogen-bond acceptors (Lipinski definition) is 4. The number of carbonyl (C=O) groups is 2. The topological polar surface area (TPSA) is 55.9 Å². The average molecular weight is 398 g/mol. The van der Waals surface area contributed by atoms with Gasteiger partial charge in [0.2, 0.25) is 11.8 Å². The molecule has 1 N–H and O–H groups in total. The Balaban J connectivity index is 1.46. The van der Waals surface area contributed by atoms with Crippen molar-refractivity contribution in [3.8, 4) is 0 Å². The van der Waals surface area contributed by atoms with Gasteiger partial charge in [0.15, 0.2) is 0 Å². The van der Waals surface area contributed by atoms with Crippen molar-refractivity contribution in [2.24, 2.45) is 0 Å². The van der Waals surface area contributed by atoms with Crippen LogP contribution < -0.4 is 10.2 Å². The summed E-state index contributed by atoms with van der Waals surface area (Å²) in [6.45, 7) is 5.07. The lowest BCUT2D eigenvalue weighted by Gasteiger charge is -2.38. The summed E-state index contributed by atoms with van der Waals surface area (Å²) in [6, 6.07) is 15.1. The molecule has 0 bridgehead atoms. The first-order valence-electron chi connectivity index (χ1n) is 9.78. The van der Waals surface area contributed by atoms with Crippen LogP contribution >= 0.6 is 0 Å². The Hall–Kier alpha value is -2.77. The fourth-order valence-corrected chi connectivity index (χ4v) is 3.46. The third-order valence-electron chi connectivity index (χ3n) is 5.28. The van der Waals surface area contributed by atoms with Crippen molar-refractivity contribution in [3.63, 3.8) is 0 Å². The summed E-state index contributed by atoms with van der Waals surface area (Å²) in [7, 11) is 1.80. The van der Waals surface area contributed by atoms with Crippen molar-refractivity contribution in [3.05, 3.63) is 60.4 Å². The van der Waals surface area contributed by atoms with Gasteiger partial charge in [-0.1, -0.05) is 18.2 Å². The maximum atomic E-state index is 12.9. The molecule has 1 fully saturated rings. The highest BCUT2D eigenvalue weighted by Crippen LogP contribution is 2.15. The number of para-hydroxylation sites is 1. The summed E-state index contributed by atoms with van der Waals surface area (Å²) < 4.78 is 12.9. The van der Waals surface area contributed by atoms with Gasteiger partial charge in [0.25, 0.3) is 0 Å². The van der Waals surface area contributed by atoms with Gasteiger partial charge in [-0.3, -0.25) is 19.4 Å². The Kier molecular flexibility index (Phi) is 6.95. The molecule has 1 aliphatic rings. The largest absolute Gasteiger partial charge is 0.325 e. The molecule has 0 spiro atoms. The lowest BCUT2D eigenvalue weighted by Crippen LogP contribution is -2.55. The predicted molar refractivity (Wildman–Crippen MR) is 112 cm³/mol. The number of piperazine rings is 1. The van der Waals surface area contributed by atoms with Crippen LogP contribution in [0.25, 0.3) is 0 Å². The van der Waals surface area contributed by atoms with Crippen LogP contribution in [-0.4, -0.2) is 67.4 Å². The molecule has 6 nitrogen and oxygen atoms in total. The minimum Gasteiger partial charge on any atom is -0.325 e. The van der Waals surface area contributed by atoms with Gasteiger partial charge in [-0.2, -0.15) is 0 Å². The summed E-state index contributed by atoms with van der Waals surface area (Å²) in [5.74, 6) is -0.405. The number of rotatable bonds is 6. The van der Waals surface area contributed by atoms with E-state index >= 15 is 0 Å². The summed E-state index contributed by atoms with van der Waals surface area (Å²) in [4.78, 5) is 30.9. The molecule has 2 aromatic rings. The van der Waals surface area contributed by atoms with Gasteiger partial charge < -0.3 is 10.2 Å². The molecule has 1 heterocycles. The van der Waals surface area contributed by atoms with E-state index in [0.29, 0.717) is 18.8 Å². The van der Waals surface area contributed by atoms with Gasteiger partial charge >= 0.3 is 0 Å². The number of nitrogens with one attached hydrogen (secondary N) is 1. The van der Waals surface area contributed by atoms with E-state index in [1.807, 2.05) is 37.3 Å². The van der Waals surface area contributed by atoms with Crippen LogP contribution in [0.1, 0.15) is 6.92 Å². The average Bonchev–Trinajstić information content (AvgIpc) is 2.75. The number of hydrogen-bond donors (Lipinski definition) is 1. The number of nitrogens with zero attached hydrogens (tertiary/aromatic N) is 3. The molecule has 1 atom stereocenters. The number of likely N-dealkylation sites (N-methyl/N-ethyl adjacent to an activating group) is 1. The van der Waals surface area contributed by atoms with Crippen molar-refractivity contribution in [1.82, 2.24) is 9.80 Å². The van der Waals surface area contributed by atoms with Gasteiger partial charge in [-0.25, -0.2) is 4.39 Å². The standard InChI is InChI=1S/C22H27FN4O2/c1-17(22(29)25(2)20-6-4-3-5-7-20)27-14-12-26(13-15-27)16-21(28)24-19-10-8-18(23)9-11-19/h3-11,17H,12-16H2,1-2H3,(H,24,28)/t17-/m0/s1. The highest BCUT2D eigenvalue weighted by atomic mass is 19.1. The van der Waals surface area contributed by atoms with Gasteiger partial charge in [-0.05, 0) is 43.3 Å². The molecule has 3 rings (SSSR count). The fraction of sp³-hybridized carbons (Fsp3) is 0.364. The minimum atomic E-state index is -0.333. The summed E-state index contributed by atoms with van der Waals surface area (Å²) in [5.41, 5.74) is 1.46. The van der Waals surface area contributed by atoms with E-state index in [-0.39, 0.29) is 30.2 Å². The lowest BCUT2D eigenvalue weighted by atomic mass is 10.2. The number of anilines is 2. The zero-order valence-corrected chi connectivity index (χ0v) is 16.8. The number of benzene rings is 2. The molecule has 154 valence electrons. The summed E-state index contributed by atoms with van der Waals surface area (Å²) in [5, 5.41) is 2.78. The first-order valence-corrected chi connectivity index (χ1v) is 9.78. The minimum absolute atomic E-state index is 0.0544. The van der Waals surface area contributed by atoms with Gasteiger partial charge in [0.1, 0.15) is 5.82 Å². The molecule has 0 saturated carbocycles. The Labute approximate surface area is 170 Å². The predicted octanol–water partition coefficient (Wildman–Crippen LogP) is 2.43. The fourth-order valence-electron chi connectivity index (χ4n) is 3.46. The molecule has 2 amide bonds. The van der Waals surface area contributed by atoms with E-state index in [4.69, 9.17) is 0 Å². The Morgan fingerprint density at radius 1 is 1.03 bits per heavy atom. The highest BCUT2D eigenvalue weighted by Gasteiger charge is 2.28. The van der Waals surface area contributed by atoms with Crippen LogP contribution in [-0.2, 0) is 9.59 Å². The van der Waals surface area contributed by atoms with E-state index < -0.39 is 0 Å². The van der Waals surface area contributed by atoms with Crippen molar-refractivity contribution >= 4 is 23.2 Å². The molecule has 1 aliphatic heterocycles. The van der Waals surface area contributed by atoms with Crippen LogP contribution in [0.15, 0.2) is 54.6 Å². The van der Waals surface area contributed by atoms with Gasteiger partial charge in [0.05, 0.1) is 12.6 Å². The quantitative estimate of drug-likeness (QED) is 0.812. The zero-order valence-electron chi connectivity index (χ0n) is 16.8. The monoisotopic (exact) mass is 398 g/mol. The Morgan fingerprint density at radius 2 is 1.66 bits per heavy atom. The first kappa shape index (κ1) is 21.0. The maximum Gasteiger partial charge on any atom is 0.243 e. The molecule has 0 radical (unpaired) electrons. The SMILES string of the molecule is C[C@@H](C(=O)N(C)c1ccccc1)N1CCN(CC(=O)Nc2ccc(F)cc2)CC1. The molecule has 0 aromatic heterocycles. The van der Waals surface area contributed by atoms with Crippen molar-refractivity contribution in [1.29, 1.82) is 0 Å². The van der Waals surface area contributed by atoms with Crippen LogP contribution in [0.3, 0.4) is 0 Å². The second kappa shape index (κ2) is 9.62. The normalized spacial score (nSPS) is 16.2. The first-order chi connectivity index (χ1) is 13.9. The molecule has 1 saturated heterocycles. The second-order valence-corrected chi connectivity index (χ2v) is 7.28. The Morgan fingerprint density at radius 3 is 2.28 bits per heavy atom. The van der Waals surface area contributed by atoms with E-state index in [2.05, 4.69) is 15.1 Å². The van der Waals surface area contributed by atoms with E-state index in [9.17, 15) is 14.0 Å². The van der Waals surface area contributed by atoms with Crippen LogP contribution in [0.2, 0.25) is 0 Å². The van der Waals surface area contributed by atoms with E-state index in [0.717, 1.165) is 18.8 Å². The molecule has 0 aliphatic carbocycles. The number of amides is 2. The molecule has 0 unspecified atom stereocenters. The number of halogens is 1. The molecule has 2 aromatic carbocycles. The van der Waals surface area contributed by atoms with Gasteiger partial charge in [0, 0.05) is 44.6 Å². The number of carbonyl (C=O) groups excluding carboxylic acids is 2. The third-order valence-corrected chi connectivity index (χ3v) is 5.28. The van der Waals surface area contributed by atoms with Gasteiger partial charge in [-0.15, -0.1) is 0 Å². The Bertz CT molecular complexity index is 820. The van der Waals surface area contributed by atoms with E-state index in [1.54, 1.807) is 24.1 Å². The highest BCUT2D eigenvalue weighted by molar-refractivity contribution is 5.96. The second-order valence-electron chi connectivity index (χ2n) is 7.28. The smallest absolute Gasteiger partial charge is 0.243 e.